The SMILES string of the molecule is CCCC(COC)NS(=O)(=O)c1ccc(OC)cc1N. The topological polar surface area (TPSA) is 90.6 Å². The number of rotatable bonds is 8. The molecule has 0 radical (unpaired) electrons. The minimum atomic E-state index is -3.67. The van der Waals surface area contributed by atoms with E-state index in [1.165, 1.54) is 19.2 Å². The van der Waals surface area contributed by atoms with Gasteiger partial charge in [0.1, 0.15) is 10.6 Å². The van der Waals surface area contributed by atoms with Crippen molar-refractivity contribution in [2.45, 2.75) is 30.7 Å². The summed E-state index contributed by atoms with van der Waals surface area (Å²) in [4.78, 5) is 0.0514. The number of benzene rings is 1. The van der Waals surface area contributed by atoms with Crippen LogP contribution < -0.4 is 15.2 Å². The number of anilines is 1. The van der Waals surface area contributed by atoms with E-state index in [0.29, 0.717) is 18.8 Å². The summed E-state index contributed by atoms with van der Waals surface area (Å²) in [5, 5.41) is 0. The van der Waals surface area contributed by atoms with Crippen molar-refractivity contribution in [3.8, 4) is 5.75 Å². The van der Waals surface area contributed by atoms with Crippen LogP contribution >= 0.6 is 0 Å². The Morgan fingerprint density at radius 2 is 2.05 bits per heavy atom. The number of sulfonamides is 1. The molecule has 1 aromatic rings. The minimum absolute atomic E-state index is 0.0514. The Hall–Kier alpha value is -1.31. The fourth-order valence-corrected chi connectivity index (χ4v) is 3.28. The predicted octanol–water partition coefficient (Wildman–Crippen LogP) is 1.37. The summed E-state index contributed by atoms with van der Waals surface area (Å²) >= 11 is 0. The lowest BCUT2D eigenvalue weighted by Gasteiger charge is -2.18. The summed E-state index contributed by atoms with van der Waals surface area (Å²) in [6.07, 6.45) is 1.55. The normalized spacial score (nSPS) is 13.2. The van der Waals surface area contributed by atoms with Gasteiger partial charge < -0.3 is 15.2 Å². The average Bonchev–Trinajstić information content (AvgIpc) is 2.38. The van der Waals surface area contributed by atoms with Crippen LogP contribution in [0.4, 0.5) is 5.69 Å². The summed E-state index contributed by atoms with van der Waals surface area (Å²) in [5.41, 5.74) is 5.93. The molecule has 1 aromatic carbocycles. The number of nitrogens with two attached hydrogens (primary N) is 1. The lowest BCUT2D eigenvalue weighted by atomic mass is 10.2. The zero-order chi connectivity index (χ0) is 15.2. The van der Waals surface area contributed by atoms with Crippen LogP contribution in [0.25, 0.3) is 0 Å². The third-order valence-electron chi connectivity index (χ3n) is 2.83. The Kier molecular flexibility index (Phi) is 6.25. The molecule has 1 unspecified atom stereocenters. The highest BCUT2D eigenvalue weighted by atomic mass is 32.2. The van der Waals surface area contributed by atoms with Crippen LogP contribution in [0.3, 0.4) is 0 Å². The van der Waals surface area contributed by atoms with Gasteiger partial charge in [-0.05, 0) is 18.6 Å². The van der Waals surface area contributed by atoms with E-state index in [0.717, 1.165) is 6.42 Å². The smallest absolute Gasteiger partial charge is 0.242 e. The number of nitrogen functional groups attached to an aromatic ring is 1. The van der Waals surface area contributed by atoms with Gasteiger partial charge in [-0.15, -0.1) is 0 Å². The predicted molar refractivity (Wildman–Crippen MR) is 78.3 cm³/mol. The molecular weight excluding hydrogens is 280 g/mol. The highest BCUT2D eigenvalue weighted by Crippen LogP contribution is 2.24. The lowest BCUT2D eigenvalue weighted by molar-refractivity contribution is 0.171. The number of nitrogens with one attached hydrogen (secondary N) is 1. The van der Waals surface area contributed by atoms with Crippen LogP contribution in [-0.2, 0) is 14.8 Å². The summed E-state index contributed by atoms with van der Waals surface area (Å²) in [7, 11) is -0.633. The van der Waals surface area contributed by atoms with Crippen molar-refractivity contribution < 1.29 is 17.9 Å². The second-order valence-corrected chi connectivity index (χ2v) is 6.15. The van der Waals surface area contributed by atoms with Crippen molar-refractivity contribution in [2.75, 3.05) is 26.6 Å². The van der Waals surface area contributed by atoms with Gasteiger partial charge in [0.15, 0.2) is 0 Å². The van der Waals surface area contributed by atoms with Gasteiger partial charge in [-0.1, -0.05) is 13.3 Å². The standard InChI is InChI=1S/C13H22N2O4S/c1-4-5-10(9-18-2)15-20(16,17)13-7-6-11(19-3)8-12(13)14/h6-8,10,15H,4-5,9,14H2,1-3H3. The van der Waals surface area contributed by atoms with Crippen LogP contribution in [0.2, 0.25) is 0 Å². The number of hydrogen-bond donors (Lipinski definition) is 2. The molecule has 6 nitrogen and oxygen atoms in total. The summed E-state index contributed by atoms with van der Waals surface area (Å²) < 4.78 is 37.3. The van der Waals surface area contributed by atoms with E-state index >= 15 is 0 Å². The van der Waals surface area contributed by atoms with Gasteiger partial charge in [0.25, 0.3) is 0 Å². The van der Waals surface area contributed by atoms with E-state index in [2.05, 4.69) is 4.72 Å². The van der Waals surface area contributed by atoms with Gasteiger partial charge in [-0.3, -0.25) is 0 Å². The molecule has 0 aliphatic carbocycles. The summed E-state index contributed by atoms with van der Waals surface area (Å²) in [6, 6.07) is 4.22. The fourth-order valence-electron chi connectivity index (χ4n) is 1.91. The molecule has 1 atom stereocenters. The first-order valence-electron chi connectivity index (χ1n) is 6.39. The third-order valence-corrected chi connectivity index (χ3v) is 4.43. The molecule has 0 saturated heterocycles. The Bertz CT molecular complexity index is 525. The molecule has 1 rings (SSSR count). The highest BCUT2D eigenvalue weighted by molar-refractivity contribution is 7.89. The second-order valence-electron chi connectivity index (χ2n) is 4.47. The van der Waals surface area contributed by atoms with Crippen LogP contribution in [0.15, 0.2) is 23.1 Å². The van der Waals surface area contributed by atoms with Crippen LogP contribution in [-0.4, -0.2) is 35.3 Å². The molecule has 0 aliphatic heterocycles. The average molecular weight is 302 g/mol. The minimum Gasteiger partial charge on any atom is -0.497 e. The second kappa shape index (κ2) is 7.47. The van der Waals surface area contributed by atoms with Crippen LogP contribution in [0.1, 0.15) is 19.8 Å². The van der Waals surface area contributed by atoms with Crippen LogP contribution in [0.5, 0.6) is 5.75 Å². The van der Waals surface area contributed by atoms with E-state index in [9.17, 15) is 8.42 Å². The molecule has 0 heterocycles. The number of ether oxygens (including phenoxy) is 2. The number of hydrogen-bond acceptors (Lipinski definition) is 5. The Morgan fingerprint density at radius 3 is 2.55 bits per heavy atom. The molecule has 114 valence electrons. The van der Waals surface area contributed by atoms with Crippen molar-refractivity contribution in [1.82, 2.24) is 4.72 Å². The van der Waals surface area contributed by atoms with Crippen molar-refractivity contribution in [1.29, 1.82) is 0 Å². The molecule has 0 fully saturated rings. The maximum atomic E-state index is 12.3. The monoisotopic (exact) mass is 302 g/mol. The van der Waals surface area contributed by atoms with Gasteiger partial charge >= 0.3 is 0 Å². The maximum Gasteiger partial charge on any atom is 0.242 e. The maximum absolute atomic E-state index is 12.3. The Morgan fingerprint density at radius 1 is 1.35 bits per heavy atom. The molecule has 20 heavy (non-hydrogen) atoms. The van der Waals surface area contributed by atoms with E-state index in [1.807, 2.05) is 6.92 Å². The van der Waals surface area contributed by atoms with E-state index in [4.69, 9.17) is 15.2 Å². The molecule has 0 aromatic heterocycles. The molecule has 0 spiro atoms. The van der Waals surface area contributed by atoms with E-state index in [1.54, 1.807) is 13.2 Å². The zero-order valence-corrected chi connectivity index (χ0v) is 12.9. The highest BCUT2D eigenvalue weighted by Gasteiger charge is 2.22. The fraction of sp³-hybridized carbons (Fsp3) is 0.538. The molecule has 7 heteroatoms. The molecule has 0 bridgehead atoms. The third kappa shape index (κ3) is 4.36. The summed E-state index contributed by atoms with van der Waals surface area (Å²) in [5.74, 6) is 0.517. The van der Waals surface area contributed by atoms with Crippen molar-refractivity contribution >= 4 is 15.7 Å². The largest absolute Gasteiger partial charge is 0.497 e. The Balaban J connectivity index is 2.97. The molecule has 0 saturated carbocycles. The van der Waals surface area contributed by atoms with Gasteiger partial charge in [0, 0.05) is 19.2 Å². The van der Waals surface area contributed by atoms with Crippen molar-refractivity contribution in [2.24, 2.45) is 0 Å². The first-order valence-corrected chi connectivity index (χ1v) is 7.87. The number of methoxy groups -OCH3 is 2. The Labute approximate surface area is 120 Å². The van der Waals surface area contributed by atoms with Gasteiger partial charge in [-0.2, -0.15) is 0 Å². The van der Waals surface area contributed by atoms with Crippen molar-refractivity contribution in [3.63, 3.8) is 0 Å². The summed E-state index contributed by atoms with van der Waals surface area (Å²) in [6.45, 7) is 2.31. The quantitative estimate of drug-likeness (QED) is 0.708. The first-order chi connectivity index (χ1) is 9.44. The molecule has 3 N–H and O–H groups in total. The van der Waals surface area contributed by atoms with Gasteiger partial charge in [0.05, 0.1) is 19.4 Å². The van der Waals surface area contributed by atoms with Gasteiger partial charge in [0.2, 0.25) is 10.0 Å². The molecule has 0 amide bonds. The first kappa shape index (κ1) is 16.7. The molecular formula is C13H22N2O4S. The zero-order valence-electron chi connectivity index (χ0n) is 12.0. The molecule has 0 aliphatic rings. The van der Waals surface area contributed by atoms with E-state index < -0.39 is 10.0 Å². The lowest BCUT2D eigenvalue weighted by Crippen LogP contribution is -2.38. The van der Waals surface area contributed by atoms with E-state index in [-0.39, 0.29) is 16.6 Å². The van der Waals surface area contributed by atoms with Crippen molar-refractivity contribution in [3.05, 3.63) is 18.2 Å². The van der Waals surface area contributed by atoms with Crippen LogP contribution in [0, 0.1) is 0 Å². The van der Waals surface area contributed by atoms with Gasteiger partial charge in [-0.25, -0.2) is 13.1 Å².